The zero-order chi connectivity index (χ0) is 20.4. The van der Waals surface area contributed by atoms with Crippen LogP contribution in [0.25, 0.3) is 0 Å². The number of hydrogen-bond acceptors (Lipinski definition) is 6. The molecule has 2 aliphatic rings. The lowest BCUT2D eigenvalue weighted by atomic mass is 10.2. The molecule has 4 rings (SSSR count). The molecule has 10 heteroatoms. The number of anilines is 2. The summed E-state index contributed by atoms with van der Waals surface area (Å²) in [6.45, 7) is 3.46. The van der Waals surface area contributed by atoms with Crippen LogP contribution in [0.5, 0.6) is 11.5 Å². The third-order valence-corrected chi connectivity index (χ3v) is 5.36. The lowest BCUT2D eigenvalue weighted by Gasteiger charge is -2.16. The lowest BCUT2D eigenvalue weighted by Crippen LogP contribution is -2.33. The van der Waals surface area contributed by atoms with Gasteiger partial charge in [0.1, 0.15) is 5.82 Å². The van der Waals surface area contributed by atoms with Crippen molar-refractivity contribution < 1.29 is 23.0 Å². The average Bonchev–Trinajstić information content (AvgIpc) is 3.28. The molecule has 0 radical (unpaired) electrons. The fourth-order valence-electron chi connectivity index (χ4n) is 3.31. The molecule has 1 saturated heterocycles. The van der Waals surface area contributed by atoms with Crippen molar-refractivity contribution in [2.45, 2.75) is 19.1 Å². The molecule has 154 valence electrons. The molecule has 0 atom stereocenters. The molecule has 29 heavy (non-hydrogen) atoms. The van der Waals surface area contributed by atoms with Gasteiger partial charge in [0.15, 0.2) is 11.5 Å². The van der Waals surface area contributed by atoms with Gasteiger partial charge in [0.05, 0.1) is 11.3 Å². The van der Waals surface area contributed by atoms with Crippen molar-refractivity contribution in [2.75, 3.05) is 31.5 Å². The Bertz CT molecular complexity index is 922. The molecule has 0 spiro atoms. The standard InChI is InChI=1S/C19H19BrF2N4O3/c20-13-10-15-16(29-19(21,22)28-15)11-14(13)25-17-12(4-3-5-23-17)18(27)24-6-9-26-7-1-2-8-26/h3-5,10-11H,1-2,6-9H2,(H,23,25)(H,24,27). The summed E-state index contributed by atoms with van der Waals surface area (Å²) in [6, 6.07) is 6.05. The molecule has 1 fully saturated rings. The fourth-order valence-corrected chi connectivity index (χ4v) is 3.73. The van der Waals surface area contributed by atoms with E-state index in [1.807, 2.05) is 0 Å². The van der Waals surface area contributed by atoms with Crippen LogP contribution in [0.2, 0.25) is 0 Å². The quantitative estimate of drug-likeness (QED) is 0.672. The van der Waals surface area contributed by atoms with E-state index in [1.165, 1.54) is 25.0 Å². The Hall–Kier alpha value is -2.46. The topological polar surface area (TPSA) is 75.7 Å². The maximum Gasteiger partial charge on any atom is 0.586 e. The summed E-state index contributed by atoms with van der Waals surface area (Å²) in [5.74, 6) is -0.137. The van der Waals surface area contributed by atoms with Crippen molar-refractivity contribution in [3.8, 4) is 11.5 Å². The van der Waals surface area contributed by atoms with Crippen LogP contribution in [0.4, 0.5) is 20.3 Å². The lowest BCUT2D eigenvalue weighted by molar-refractivity contribution is -0.286. The monoisotopic (exact) mass is 468 g/mol. The minimum atomic E-state index is -3.70. The van der Waals surface area contributed by atoms with Crippen LogP contribution in [-0.2, 0) is 0 Å². The number of hydrogen-bond donors (Lipinski definition) is 2. The molecular weight excluding hydrogens is 450 g/mol. The zero-order valence-electron chi connectivity index (χ0n) is 15.4. The van der Waals surface area contributed by atoms with Crippen molar-refractivity contribution in [1.82, 2.24) is 15.2 Å². The van der Waals surface area contributed by atoms with E-state index in [0.717, 1.165) is 19.6 Å². The molecule has 2 aromatic rings. The number of benzene rings is 1. The van der Waals surface area contributed by atoms with Crippen molar-refractivity contribution in [1.29, 1.82) is 0 Å². The molecule has 2 aliphatic heterocycles. The number of alkyl halides is 2. The van der Waals surface area contributed by atoms with E-state index < -0.39 is 6.29 Å². The summed E-state index contributed by atoms with van der Waals surface area (Å²) in [6.07, 6.45) is 0.228. The Morgan fingerprint density at radius 3 is 2.72 bits per heavy atom. The average molecular weight is 469 g/mol. The number of nitrogens with one attached hydrogen (secondary N) is 2. The van der Waals surface area contributed by atoms with Crippen molar-refractivity contribution in [3.63, 3.8) is 0 Å². The Balaban J connectivity index is 1.47. The number of pyridine rings is 1. The van der Waals surface area contributed by atoms with Crippen LogP contribution in [0, 0.1) is 0 Å². The van der Waals surface area contributed by atoms with E-state index in [-0.39, 0.29) is 17.4 Å². The third kappa shape index (κ3) is 4.59. The summed E-state index contributed by atoms with van der Waals surface area (Å²) < 4.78 is 35.9. The highest BCUT2D eigenvalue weighted by molar-refractivity contribution is 9.10. The van der Waals surface area contributed by atoms with E-state index in [4.69, 9.17) is 0 Å². The molecular formula is C19H19BrF2N4O3. The van der Waals surface area contributed by atoms with Crippen molar-refractivity contribution >= 4 is 33.3 Å². The molecule has 2 N–H and O–H groups in total. The highest BCUT2D eigenvalue weighted by Gasteiger charge is 2.43. The summed E-state index contributed by atoms with van der Waals surface area (Å²) in [5, 5.41) is 5.90. The maximum absolute atomic E-state index is 13.3. The largest absolute Gasteiger partial charge is 0.586 e. The van der Waals surface area contributed by atoms with Crippen molar-refractivity contribution in [2.24, 2.45) is 0 Å². The van der Waals surface area contributed by atoms with Gasteiger partial charge in [-0.2, -0.15) is 0 Å². The van der Waals surface area contributed by atoms with Crippen LogP contribution in [0.15, 0.2) is 34.9 Å². The first kappa shape index (κ1) is 19.8. The number of nitrogens with zero attached hydrogens (tertiary/aromatic N) is 2. The number of carbonyl (C=O) groups is 1. The van der Waals surface area contributed by atoms with Gasteiger partial charge in [0.2, 0.25) is 0 Å². The number of ether oxygens (including phenoxy) is 2. The second-order valence-electron chi connectivity index (χ2n) is 6.78. The van der Waals surface area contributed by atoms with Gasteiger partial charge in [0.25, 0.3) is 5.91 Å². The predicted molar refractivity (Wildman–Crippen MR) is 106 cm³/mol. The minimum absolute atomic E-state index is 0.0756. The predicted octanol–water partition coefficient (Wildman–Crippen LogP) is 3.73. The number of halogens is 3. The number of likely N-dealkylation sites (tertiary alicyclic amines) is 1. The molecule has 0 unspecified atom stereocenters. The SMILES string of the molecule is O=C(NCCN1CCCC1)c1cccnc1Nc1cc2c(cc1Br)OC(F)(F)O2. The van der Waals surface area contributed by atoms with Gasteiger partial charge < -0.3 is 25.0 Å². The van der Waals surface area contributed by atoms with Crippen molar-refractivity contribution in [3.05, 3.63) is 40.5 Å². The molecule has 3 heterocycles. The van der Waals surface area contributed by atoms with Crippen LogP contribution in [-0.4, -0.2) is 48.3 Å². The van der Waals surface area contributed by atoms with Crippen LogP contribution >= 0.6 is 15.9 Å². The smallest absolute Gasteiger partial charge is 0.395 e. The van der Waals surface area contributed by atoms with E-state index in [0.29, 0.717) is 28.1 Å². The first-order valence-electron chi connectivity index (χ1n) is 9.23. The second kappa shape index (κ2) is 8.11. The molecule has 1 aromatic heterocycles. The van der Waals surface area contributed by atoms with Crippen LogP contribution in [0.3, 0.4) is 0 Å². The first-order chi connectivity index (χ1) is 13.9. The first-order valence-corrected chi connectivity index (χ1v) is 10.0. The minimum Gasteiger partial charge on any atom is -0.395 e. The summed E-state index contributed by atoms with van der Waals surface area (Å²) >= 11 is 3.31. The highest BCUT2D eigenvalue weighted by Crippen LogP contribution is 2.45. The number of amides is 1. The molecule has 1 amide bonds. The third-order valence-electron chi connectivity index (χ3n) is 4.71. The zero-order valence-corrected chi connectivity index (χ0v) is 17.0. The number of carbonyl (C=O) groups excluding carboxylic acids is 1. The molecule has 0 aliphatic carbocycles. The summed E-state index contributed by atoms with van der Waals surface area (Å²) in [7, 11) is 0. The molecule has 0 saturated carbocycles. The van der Waals surface area contributed by atoms with E-state index in [1.54, 1.807) is 18.3 Å². The van der Waals surface area contributed by atoms with Gasteiger partial charge in [-0.25, -0.2) is 4.98 Å². The van der Waals surface area contributed by atoms with Gasteiger partial charge in [-0.05, 0) is 54.0 Å². The van der Waals surface area contributed by atoms with Crippen LogP contribution in [0.1, 0.15) is 23.2 Å². The fraction of sp³-hybridized carbons (Fsp3) is 0.368. The van der Waals surface area contributed by atoms with Gasteiger partial charge in [-0.15, -0.1) is 8.78 Å². The van der Waals surface area contributed by atoms with Gasteiger partial charge >= 0.3 is 6.29 Å². The highest BCUT2D eigenvalue weighted by atomic mass is 79.9. The Morgan fingerprint density at radius 2 is 1.97 bits per heavy atom. The van der Waals surface area contributed by atoms with Gasteiger partial charge in [-0.1, -0.05) is 0 Å². The van der Waals surface area contributed by atoms with E-state index in [9.17, 15) is 13.6 Å². The summed E-state index contributed by atoms with van der Waals surface area (Å²) in [4.78, 5) is 19.1. The van der Waals surface area contributed by atoms with Gasteiger partial charge in [-0.3, -0.25) is 4.79 Å². The Labute approximate surface area is 174 Å². The summed E-state index contributed by atoms with van der Waals surface area (Å²) in [5.41, 5.74) is 0.763. The normalized spacial score (nSPS) is 17.3. The molecule has 0 bridgehead atoms. The van der Waals surface area contributed by atoms with Crippen LogP contribution < -0.4 is 20.1 Å². The van der Waals surface area contributed by atoms with E-state index in [2.05, 4.69) is 45.9 Å². The van der Waals surface area contributed by atoms with Gasteiger partial charge in [0, 0.05) is 35.9 Å². The number of fused-ring (bicyclic) bond motifs is 1. The molecule has 7 nitrogen and oxygen atoms in total. The Kier molecular flexibility index (Phi) is 5.55. The van der Waals surface area contributed by atoms with E-state index >= 15 is 0 Å². The number of aromatic nitrogens is 1. The Morgan fingerprint density at radius 1 is 1.24 bits per heavy atom. The maximum atomic E-state index is 13.3. The molecule has 1 aromatic carbocycles. The second-order valence-corrected chi connectivity index (χ2v) is 7.63. The number of rotatable bonds is 6.